The van der Waals surface area contributed by atoms with E-state index < -0.39 is 5.60 Å². The highest BCUT2D eigenvalue weighted by atomic mass is 16.5. The van der Waals surface area contributed by atoms with Crippen LogP contribution in [0.25, 0.3) is 16.9 Å². The quantitative estimate of drug-likeness (QED) is 0.529. The first-order chi connectivity index (χ1) is 15.2. The first kappa shape index (κ1) is 18.3. The van der Waals surface area contributed by atoms with E-state index in [-0.39, 0.29) is 0 Å². The SMILES string of the molecule is OC1(c2ccc(Nc3nc(-c4cnc5c(c4)CCCO5)cn4ccnc34)cc2)COC1. The summed E-state index contributed by atoms with van der Waals surface area (Å²) in [6.07, 6.45) is 9.36. The van der Waals surface area contributed by atoms with Crippen LogP contribution in [0.15, 0.2) is 55.1 Å². The van der Waals surface area contributed by atoms with Crippen LogP contribution in [0, 0.1) is 0 Å². The molecule has 5 heterocycles. The number of hydrogen-bond donors (Lipinski definition) is 2. The summed E-state index contributed by atoms with van der Waals surface area (Å²) in [4.78, 5) is 13.8. The molecular formula is C23H21N5O3. The molecule has 31 heavy (non-hydrogen) atoms. The number of hydrogen-bond acceptors (Lipinski definition) is 7. The number of benzene rings is 1. The topological polar surface area (TPSA) is 93.8 Å². The van der Waals surface area contributed by atoms with E-state index in [4.69, 9.17) is 14.5 Å². The number of aromatic nitrogens is 4. The number of nitrogens with zero attached hydrogens (tertiary/aromatic N) is 4. The maximum Gasteiger partial charge on any atom is 0.216 e. The molecule has 1 saturated heterocycles. The molecule has 4 aromatic rings. The zero-order valence-electron chi connectivity index (χ0n) is 16.8. The number of pyridine rings is 1. The van der Waals surface area contributed by atoms with E-state index in [0.29, 0.717) is 19.0 Å². The Balaban J connectivity index is 1.35. The summed E-state index contributed by atoms with van der Waals surface area (Å²) >= 11 is 0. The van der Waals surface area contributed by atoms with Gasteiger partial charge in [-0.1, -0.05) is 12.1 Å². The van der Waals surface area contributed by atoms with Gasteiger partial charge < -0.3 is 24.3 Å². The minimum absolute atomic E-state index is 0.331. The molecule has 156 valence electrons. The second-order valence-corrected chi connectivity index (χ2v) is 8.00. The molecule has 2 aliphatic heterocycles. The van der Waals surface area contributed by atoms with Crippen molar-refractivity contribution in [2.45, 2.75) is 18.4 Å². The van der Waals surface area contributed by atoms with Gasteiger partial charge in [0.2, 0.25) is 5.88 Å². The number of fused-ring (bicyclic) bond motifs is 2. The van der Waals surface area contributed by atoms with Crippen LogP contribution in [0.3, 0.4) is 0 Å². The number of rotatable bonds is 4. The van der Waals surface area contributed by atoms with Crippen molar-refractivity contribution >= 4 is 17.2 Å². The Kier molecular flexibility index (Phi) is 4.15. The van der Waals surface area contributed by atoms with Gasteiger partial charge >= 0.3 is 0 Å². The van der Waals surface area contributed by atoms with Gasteiger partial charge in [-0.05, 0) is 36.6 Å². The van der Waals surface area contributed by atoms with Crippen LogP contribution in [-0.4, -0.2) is 44.3 Å². The third-order valence-electron chi connectivity index (χ3n) is 5.79. The molecular weight excluding hydrogens is 394 g/mol. The Labute approximate surface area is 178 Å². The number of anilines is 2. The molecule has 2 N–H and O–H groups in total. The van der Waals surface area contributed by atoms with Crippen molar-refractivity contribution in [3.05, 3.63) is 66.2 Å². The molecule has 3 aromatic heterocycles. The molecule has 8 heteroatoms. The summed E-state index contributed by atoms with van der Waals surface area (Å²) in [7, 11) is 0. The van der Waals surface area contributed by atoms with E-state index >= 15 is 0 Å². The molecule has 0 saturated carbocycles. The summed E-state index contributed by atoms with van der Waals surface area (Å²) in [5, 5.41) is 13.8. The number of nitrogens with one attached hydrogen (secondary N) is 1. The predicted molar refractivity (Wildman–Crippen MR) is 114 cm³/mol. The van der Waals surface area contributed by atoms with Crippen molar-refractivity contribution in [3.63, 3.8) is 0 Å². The first-order valence-electron chi connectivity index (χ1n) is 10.3. The van der Waals surface area contributed by atoms with E-state index in [1.165, 1.54) is 0 Å². The maximum atomic E-state index is 10.4. The molecule has 0 unspecified atom stereocenters. The number of imidazole rings is 1. The summed E-state index contributed by atoms with van der Waals surface area (Å²) in [6.45, 7) is 1.38. The molecule has 0 radical (unpaired) electrons. The van der Waals surface area contributed by atoms with Gasteiger partial charge in [0.15, 0.2) is 11.5 Å². The third-order valence-corrected chi connectivity index (χ3v) is 5.79. The fourth-order valence-corrected chi connectivity index (χ4v) is 4.00. The molecule has 0 amide bonds. The molecule has 0 bridgehead atoms. The molecule has 0 spiro atoms. The number of ether oxygens (including phenoxy) is 2. The molecule has 0 aliphatic carbocycles. The second kappa shape index (κ2) is 7.04. The summed E-state index contributed by atoms with van der Waals surface area (Å²) < 4.78 is 12.7. The molecule has 8 nitrogen and oxygen atoms in total. The Morgan fingerprint density at radius 2 is 2.00 bits per heavy atom. The van der Waals surface area contributed by atoms with Crippen molar-refractivity contribution in [1.29, 1.82) is 0 Å². The van der Waals surface area contributed by atoms with Crippen LogP contribution >= 0.6 is 0 Å². The predicted octanol–water partition coefficient (Wildman–Crippen LogP) is 3.08. The van der Waals surface area contributed by atoms with Crippen molar-refractivity contribution < 1.29 is 14.6 Å². The zero-order chi connectivity index (χ0) is 20.8. The summed E-state index contributed by atoms with van der Waals surface area (Å²) in [6, 6.07) is 9.77. The van der Waals surface area contributed by atoms with Crippen LogP contribution in [0.2, 0.25) is 0 Å². The molecule has 2 aliphatic rings. The van der Waals surface area contributed by atoms with Gasteiger partial charge in [-0.2, -0.15) is 0 Å². The van der Waals surface area contributed by atoms with Gasteiger partial charge in [0.25, 0.3) is 0 Å². The Bertz CT molecular complexity index is 1260. The van der Waals surface area contributed by atoms with Crippen molar-refractivity contribution in [2.24, 2.45) is 0 Å². The first-order valence-corrected chi connectivity index (χ1v) is 10.3. The summed E-state index contributed by atoms with van der Waals surface area (Å²) in [5.74, 6) is 1.37. The van der Waals surface area contributed by atoms with E-state index in [2.05, 4.69) is 21.4 Å². The van der Waals surface area contributed by atoms with Gasteiger partial charge in [-0.3, -0.25) is 0 Å². The van der Waals surface area contributed by atoms with E-state index in [1.54, 1.807) is 12.4 Å². The van der Waals surface area contributed by atoms with Crippen LogP contribution in [0.4, 0.5) is 11.5 Å². The highest BCUT2D eigenvalue weighted by Crippen LogP contribution is 2.32. The number of aryl methyl sites for hydroxylation is 1. The highest BCUT2D eigenvalue weighted by molar-refractivity contribution is 5.74. The fourth-order valence-electron chi connectivity index (χ4n) is 4.00. The summed E-state index contributed by atoms with van der Waals surface area (Å²) in [5.41, 5.74) is 4.40. The standard InChI is InChI=1S/C23H21N5O3/c29-23(13-30-14-23)17-3-5-18(6-4-17)26-20-21-24-7-8-28(21)12-19(27-20)16-10-15-2-1-9-31-22(15)25-11-16/h3-8,10-12,29H,1-2,9,13-14H2,(H,26,27). The van der Waals surface area contributed by atoms with Gasteiger partial charge in [0.1, 0.15) is 5.60 Å². The highest BCUT2D eigenvalue weighted by Gasteiger charge is 2.37. The lowest BCUT2D eigenvalue weighted by atomic mass is 9.92. The van der Waals surface area contributed by atoms with Crippen LogP contribution in [0.5, 0.6) is 5.88 Å². The van der Waals surface area contributed by atoms with Crippen molar-refractivity contribution in [3.8, 4) is 17.1 Å². The van der Waals surface area contributed by atoms with Gasteiger partial charge in [0.05, 0.1) is 25.5 Å². The Hall–Kier alpha value is -3.49. The third kappa shape index (κ3) is 3.20. The van der Waals surface area contributed by atoms with Gasteiger partial charge in [-0.15, -0.1) is 0 Å². The smallest absolute Gasteiger partial charge is 0.216 e. The molecule has 0 atom stereocenters. The van der Waals surface area contributed by atoms with Crippen molar-refractivity contribution in [1.82, 2.24) is 19.4 Å². The largest absolute Gasteiger partial charge is 0.477 e. The molecule has 6 rings (SSSR count). The molecule has 1 aromatic carbocycles. The Morgan fingerprint density at radius 1 is 1.13 bits per heavy atom. The van der Waals surface area contributed by atoms with Crippen LogP contribution < -0.4 is 10.1 Å². The van der Waals surface area contributed by atoms with Gasteiger partial charge in [0, 0.05) is 41.6 Å². The van der Waals surface area contributed by atoms with E-state index in [9.17, 15) is 5.11 Å². The number of aliphatic hydroxyl groups is 1. The van der Waals surface area contributed by atoms with Gasteiger partial charge in [-0.25, -0.2) is 15.0 Å². The lowest BCUT2D eigenvalue weighted by molar-refractivity contribution is -0.184. The minimum Gasteiger partial charge on any atom is -0.477 e. The van der Waals surface area contributed by atoms with Crippen LogP contribution in [-0.2, 0) is 16.8 Å². The maximum absolute atomic E-state index is 10.4. The normalized spacial score (nSPS) is 16.9. The van der Waals surface area contributed by atoms with E-state index in [1.807, 2.05) is 41.1 Å². The molecule has 1 fully saturated rings. The monoisotopic (exact) mass is 415 g/mol. The average Bonchev–Trinajstić information content (AvgIpc) is 3.27. The van der Waals surface area contributed by atoms with Crippen LogP contribution in [0.1, 0.15) is 17.5 Å². The second-order valence-electron chi connectivity index (χ2n) is 8.00. The fraction of sp³-hybridized carbons (Fsp3) is 0.261. The van der Waals surface area contributed by atoms with E-state index in [0.717, 1.165) is 59.0 Å². The van der Waals surface area contributed by atoms with Crippen molar-refractivity contribution in [2.75, 3.05) is 25.1 Å². The lowest BCUT2D eigenvalue weighted by Crippen LogP contribution is -2.46. The lowest BCUT2D eigenvalue weighted by Gasteiger charge is -2.36. The minimum atomic E-state index is -0.879. The average molecular weight is 415 g/mol. The zero-order valence-corrected chi connectivity index (χ0v) is 16.8. The Morgan fingerprint density at radius 3 is 2.81 bits per heavy atom.